The molecule has 2 aliphatic carbocycles. The Balaban J connectivity index is 1.02. The largest absolute Gasteiger partial charge is 0.459 e. The summed E-state index contributed by atoms with van der Waals surface area (Å²) in [6.07, 6.45) is 7.02. The topological polar surface area (TPSA) is 284 Å². The van der Waals surface area contributed by atoms with Gasteiger partial charge in [0.1, 0.15) is 82.3 Å². The fourth-order valence-electron chi connectivity index (χ4n) is 10.8. The number of carbonyl (C=O) groups is 6. The van der Waals surface area contributed by atoms with E-state index in [1.165, 1.54) is 21.9 Å². The Kier molecular flexibility index (Phi) is 17.3. The Morgan fingerprint density at radius 2 is 0.793 bits per heavy atom. The predicted molar refractivity (Wildman–Crippen MR) is 339 cm³/mol. The van der Waals surface area contributed by atoms with Gasteiger partial charge in [0, 0.05) is 57.0 Å². The molecule has 0 N–H and O–H groups in total. The first-order chi connectivity index (χ1) is 44.7. The maximum atomic E-state index is 15.3. The molecule has 6 aromatic rings. The minimum absolute atomic E-state index is 0.0389. The number of aliphatic imine (C=N–C) groups is 2. The fourth-order valence-corrected chi connectivity index (χ4v) is 15.2. The second-order valence-electron chi connectivity index (χ2n) is 20.8. The summed E-state index contributed by atoms with van der Waals surface area (Å²) in [7, 11) is 0. The van der Waals surface area contributed by atoms with Gasteiger partial charge in [-0.15, -0.1) is 22.7 Å². The summed E-state index contributed by atoms with van der Waals surface area (Å²) in [5, 5.41) is 39.6. The Labute approximate surface area is 542 Å². The minimum Gasteiger partial charge on any atom is -0.459 e. The number of fused-ring (bicyclic) bond motifs is 7. The van der Waals surface area contributed by atoms with Crippen molar-refractivity contribution >= 4 is 113 Å². The number of rotatable bonds is 16. The molecule has 2 saturated heterocycles. The van der Waals surface area contributed by atoms with Crippen molar-refractivity contribution in [2.75, 3.05) is 13.1 Å². The van der Waals surface area contributed by atoms with Gasteiger partial charge in [-0.3, -0.25) is 19.4 Å². The first kappa shape index (κ1) is 61.4. The maximum Gasteiger partial charge on any atom is 0.367 e. The van der Waals surface area contributed by atoms with E-state index in [-0.39, 0.29) is 113 Å². The predicted octanol–water partition coefficient (Wildman–Crippen LogP) is 11.5. The van der Waals surface area contributed by atoms with Crippen molar-refractivity contribution in [2.45, 2.75) is 51.5 Å². The van der Waals surface area contributed by atoms with E-state index in [1.807, 2.05) is 24.3 Å². The lowest BCUT2D eigenvalue weighted by atomic mass is 9.75. The summed E-state index contributed by atoms with van der Waals surface area (Å²) < 4.78 is 37.9. The monoisotopic (exact) mass is 1290 g/mol. The van der Waals surface area contributed by atoms with Gasteiger partial charge in [-0.2, -0.15) is 21.0 Å². The van der Waals surface area contributed by atoms with Gasteiger partial charge in [0.15, 0.2) is 21.2 Å². The van der Waals surface area contributed by atoms with E-state index < -0.39 is 58.7 Å². The molecule has 4 aliphatic heterocycles. The SMILES string of the molecule is CCN1C(=O)/C(=N/c2cc3c(s2)C2=CC4C=C5OC(C(=O)OCc6ccccc6)(C(=O)OCc6ccccc6)c6cc(/N=C7/SC(=C(C#N)C#N)N(CC)C7=O)sc6C5=CC4C=C2OC3(C(=O)OCc2ccccc2)C(=O)OCc2ccccc2)SC1=C(C#N)C#N. The van der Waals surface area contributed by atoms with E-state index in [4.69, 9.17) is 38.4 Å². The Morgan fingerprint density at radius 1 is 0.489 bits per heavy atom. The van der Waals surface area contributed by atoms with Gasteiger partial charge in [0.05, 0.1) is 0 Å². The van der Waals surface area contributed by atoms with E-state index in [2.05, 4.69) is 0 Å². The van der Waals surface area contributed by atoms with Crippen LogP contribution in [0.1, 0.15) is 57.0 Å². The van der Waals surface area contributed by atoms with Crippen LogP contribution in [-0.2, 0) is 94.8 Å². The zero-order valence-corrected chi connectivity index (χ0v) is 51.8. The molecule has 0 radical (unpaired) electrons. The lowest BCUT2D eigenvalue weighted by molar-refractivity contribution is -0.191. The molecule has 4 aromatic carbocycles. The quantitative estimate of drug-likeness (QED) is 0.0376. The van der Waals surface area contributed by atoms with Crippen molar-refractivity contribution < 1.29 is 57.2 Å². The molecule has 0 saturated carbocycles. The van der Waals surface area contributed by atoms with Crippen LogP contribution in [0.25, 0.3) is 11.1 Å². The minimum atomic E-state index is -2.68. The molecule has 0 bridgehead atoms. The van der Waals surface area contributed by atoms with Crippen LogP contribution in [0.5, 0.6) is 0 Å². The number of carbonyl (C=O) groups excluding carboxylic acids is 6. The smallest absolute Gasteiger partial charge is 0.367 e. The van der Waals surface area contributed by atoms with E-state index in [0.29, 0.717) is 33.4 Å². The molecule has 6 aliphatic rings. The molecule has 2 amide bonds. The highest BCUT2D eigenvalue weighted by Gasteiger charge is 2.62. The van der Waals surface area contributed by atoms with E-state index >= 15 is 19.2 Å². The second-order valence-corrected chi connectivity index (χ2v) is 24.8. The first-order valence-corrected chi connectivity index (χ1v) is 31.7. The number of thioether (sulfide) groups is 2. The molecular formula is C68H46N8O12S4. The molecule has 2 atom stereocenters. The highest BCUT2D eigenvalue weighted by molar-refractivity contribution is 8.20. The van der Waals surface area contributed by atoms with E-state index in [1.54, 1.807) is 159 Å². The van der Waals surface area contributed by atoms with Crippen LogP contribution in [0.2, 0.25) is 0 Å². The maximum absolute atomic E-state index is 15.3. The summed E-state index contributed by atoms with van der Waals surface area (Å²) in [6, 6.07) is 45.4. The van der Waals surface area contributed by atoms with Gasteiger partial charge in [-0.1, -0.05) is 133 Å². The number of hydrogen-bond donors (Lipinski definition) is 0. The van der Waals surface area contributed by atoms with Crippen LogP contribution in [0.15, 0.2) is 200 Å². The summed E-state index contributed by atoms with van der Waals surface area (Å²) in [5.74, 6) is -7.09. The molecular weight excluding hydrogens is 1250 g/mol. The first-order valence-electron chi connectivity index (χ1n) is 28.4. The highest BCUT2D eigenvalue weighted by atomic mass is 32.2. The molecule has 2 aromatic heterocycles. The standard InChI is InChI=1S/C68H46N8O12S4/c1-3-75-59(77)57(91-61(75)45(31-69)32-70)73-53-29-49-55(89-53)47-25-43-28-52-48(26-44(43)27-51(47)87-67(49,63(79)83-35-39-17-9-5-10-18-39)64(80)84-36-40-19-11-6-12-20-40)56-50(30-54(90-56)74-58-60(78)76(4-2)62(92-58)46(33-71)34-72)68(88-52,65(81)85-37-41-21-13-7-14-22-41)66(82)86-38-42-23-15-8-16-24-42/h5-30,43-44H,3-4,35-38H2,1-2H3/b73-57-,74-58+. The van der Waals surface area contributed by atoms with Crippen LogP contribution in [0.3, 0.4) is 0 Å². The molecule has 20 nitrogen and oxygen atoms in total. The number of thiophene rings is 2. The van der Waals surface area contributed by atoms with Crippen molar-refractivity contribution in [2.24, 2.45) is 21.8 Å². The summed E-state index contributed by atoms with van der Waals surface area (Å²) in [6.45, 7) is 2.42. The van der Waals surface area contributed by atoms with E-state index in [0.717, 1.165) is 46.2 Å². The molecule has 2 unspecified atom stereocenters. The summed E-state index contributed by atoms with van der Waals surface area (Å²) in [4.78, 5) is 102. The number of nitrogens with zero attached hydrogens (tertiary/aromatic N) is 8. The second kappa shape index (κ2) is 25.9. The van der Waals surface area contributed by atoms with Crippen molar-refractivity contribution in [1.82, 2.24) is 9.80 Å². The van der Waals surface area contributed by atoms with Crippen LogP contribution < -0.4 is 0 Å². The van der Waals surface area contributed by atoms with Gasteiger partial charge in [-0.25, -0.2) is 29.2 Å². The molecule has 24 heteroatoms. The number of esters is 4. The summed E-state index contributed by atoms with van der Waals surface area (Å²) in [5.41, 5.74) is -2.96. The number of hydrogen-bond acceptors (Lipinski definition) is 22. The number of nitriles is 4. The molecule has 92 heavy (non-hydrogen) atoms. The van der Waals surface area contributed by atoms with Gasteiger partial charge < -0.3 is 28.4 Å². The molecule has 12 rings (SSSR count). The zero-order valence-electron chi connectivity index (χ0n) is 48.5. The third kappa shape index (κ3) is 11.3. The van der Waals surface area contributed by atoms with Crippen molar-refractivity contribution in [1.29, 1.82) is 21.0 Å². The van der Waals surface area contributed by atoms with Crippen LogP contribution >= 0.6 is 46.2 Å². The lowest BCUT2D eigenvalue weighted by Gasteiger charge is -2.41. The number of amides is 2. The normalized spacial score (nSPS) is 18.6. The van der Waals surface area contributed by atoms with Crippen LogP contribution in [-0.4, -0.2) is 68.7 Å². The number of allylic oxidation sites excluding steroid dienone is 8. The highest BCUT2D eigenvalue weighted by Crippen LogP contribution is 2.58. The van der Waals surface area contributed by atoms with E-state index in [9.17, 15) is 30.6 Å². The molecule has 2 fully saturated rings. The Bertz CT molecular complexity index is 4110. The van der Waals surface area contributed by atoms with Crippen molar-refractivity contribution in [3.8, 4) is 24.3 Å². The van der Waals surface area contributed by atoms with Crippen LogP contribution in [0, 0.1) is 57.2 Å². The van der Waals surface area contributed by atoms with Gasteiger partial charge in [0.2, 0.25) is 0 Å². The summed E-state index contributed by atoms with van der Waals surface area (Å²) >= 11 is 3.66. The molecule has 454 valence electrons. The average Bonchev–Trinajstić information content (AvgIpc) is 1.28. The Morgan fingerprint density at radius 3 is 1.08 bits per heavy atom. The van der Waals surface area contributed by atoms with Crippen LogP contribution in [0.4, 0.5) is 10.0 Å². The van der Waals surface area contributed by atoms with Crippen molar-refractivity contribution in [3.63, 3.8) is 0 Å². The average molecular weight is 1300 g/mol. The molecule has 6 heterocycles. The Hall–Kier alpha value is -10.9. The van der Waals surface area contributed by atoms with Gasteiger partial charge in [-0.05, 0) is 83.9 Å². The third-order valence-corrected chi connectivity index (χ3v) is 19.5. The van der Waals surface area contributed by atoms with Gasteiger partial charge in [0.25, 0.3) is 11.8 Å². The number of ether oxygens (including phenoxy) is 6. The lowest BCUT2D eigenvalue weighted by Crippen LogP contribution is -2.51. The van der Waals surface area contributed by atoms with Gasteiger partial charge >= 0.3 is 35.1 Å². The zero-order chi connectivity index (χ0) is 64.3. The van der Waals surface area contributed by atoms with Crippen molar-refractivity contribution in [3.05, 3.63) is 234 Å². The molecule has 0 spiro atoms. The third-order valence-electron chi connectivity index (χ3n) is 15.3. The fraction of sp³-hybridized carbons (Fsp3) is 0.176. The number of benzene rings is 4.